The average Bonchev–Trinajstić information content (AvgIpc) is 3.04. The van der Waals surface area contributed by atoms with Gasteiger partial charge < -0.3 is 9.80 Å². The lowest BCUT2D eigenvalue weighted by Gasteiger charge is -2.49. The Balaban J connectivity index is 1.57. The number of rotatable bonds is 4. The molecule has 2 aliphatic heterocycles. The van der Waals surface area contributed by atoms with Gasteiger partial charge in [0, 0.05) is 58.3 Å². The third-order valence-corrected chi connectivity index (χ3v) is 9.83. The predicted octanol–water partition coefficient (Wildman–Crippen LogP) is 7.36. The molecule has 7 nitrogen and oxygen atoms in total. The minimum Gasteiger partial charge on any atom is -0.364 e. The van der Waals surface area contributed by atoms with Crippen molar-refractivity contribution in [3.8, 4) is 16.9 Å². The van der Waals surface area contributed by atoms with Crippen molar-refractivity contribution < 1.29 is 9.18 Å². The van der Waals surface area contributed by atoms with Crippen LogP contribution in [0.5, 0.6) is 0 Å². The molecule has 2 aromatic carbocycles. The van der Waals surface area contributed by atoms with Crippen molar-refractivity contribution in [1.29, 1.82) is 0 Å². The lowest BCUT2D eigenvalue weighted by atomic mass is 9.91. The number of hydrogen-bond donors (Lipinski definition) is 0. The van der Waals surface area contributed by atoms with Crippen LogP contribution >= 0.6 is 11.6 Å². The molecule has 5 aromatic rings. The summed E-state index contributed by atoms with van der Waals surface area (Å²) in [4.78, 5) is 41.2. The zero-order chi connectivity index (χ0) is 32.4. The van der Waals surface area contributed by atoms with E-state index in [4.69, 9.17) is 21.6 Å². The fourth-order valence-electron chi connectivity index (χ4n) is 7.34. The first-order valence-corrected chi connectivity index (χ1v) is 16.1. The molecular weight excluding hydrogens is 601 g/mol. The Morgan fingerprint density at radius 3 is 2.63 bits per heavy atom. The number of aromatic nitrogens is 3. The van der Waals surface area contributed by atoms with Crippen LogP contribution in [0.2, 0.25) is 5.02 Å². The average molecular weight is 636 g/mol. The van der Waals surface area contributed by atoms with Crippen molar-refractivity contribution in [2.45, 2.75) is 58.5 Å². The quantitative estimate of drug-likeness (QED) is 0.193. The zero-order valence-corrected chi connectivity index (χ0v) is 27.1. The van der Waals surface area contributed by atoms with Gasteiger partial charge in [0.15, 0.2) is 0 Å². The van der Waals surface area contributed by atoms with Crippen LogP contribution in [0, 0.1) is 12.7 Å². The summed E-state index contributed by atoms with van der Waals surface area (Å²) < 4.78 is 18.2. The van der Waals surface area contributed by atoms with Crippen LogP contribution in [0.15, 0.2) is 72.2 Å². The van der Waals surface area contributed by atoms with Crippen LogP contribution in [-0.2, 0) is 11.2 Å². The molecular formula is C37H35ClFN5O2. The predicted molar refractivity (Wildman–Crippen MR) is 183 cm³/mol. The molecule has 2 unspecified atom stereocenters. The molecule has 1 fully saturated rings. The number of benzene rings is 2. The monoisotopic (exact) mass is 635 g/mol. The number of pyridine rings is 3. The normalized spacial score (nSPS) is 17.8. The van der Waals surface area contributed by atoms with Crippen LogP contribution in [0.1, 0.15) is 49.9 Å². The maximum atomic E-state index is 16.6. The first kappa shape index (κ1) is 30.1. The lowest BCUT2D eigenvalue weighted by molar-refractivity contribution is -0.129. The molecule has 7 rings (SSSR count). The van der Waals surface area contributed by atoms with Gasteiger partial charge in [0.1, 0.15) is 17.2 Å². The Morgan fingerprint density at radius 2 is 1.89 bits per heavy atom. The summed E-state index contributed by atoms with van der Waals surface area (Å²) >= 11 is 6.69. The molecule has 0 spiro atoms. The van der Waals surface area contributed by atoms with E-state index in [0.717, 1.165) is 16.6 Å². The van der Waals surface area contributed by atoms with Gasteiger partial charge in [-0.05, 0) is 67.8 Å². The van der Waals surface area contributed by atoms with Gasteiger partial charge in [-0.2, -0.15) is 0 Å². The van der Waals surface area contributed by atoms with E-state index < -0.39 is 5.82 Å². The Morgan fingerprint density at radius 1 is 1.13 bits per heavy atom. The second kappa shape index (κ2) is 11.4. The Labute approximate surface area is 271 Å². The maximum absolute atomic E-state index is 16.6. The van der Waals surface area contributed by atoms with E-state index in [1.54, 1.807) is 16.8 Å². The first-order chi connectivity index (χ1) is 22.1. The number of amides is 1. The number of halogens is 2. The van der Waals surface area contributed by atoms with Crippen LogP contribution in [0.4, 0.5) is 10.1 Å². The van der Waals surface area contributed by atoms with Crippen molar-refractivity contribution in [2.75, 3.05) is 18.0 Å². The highest BCUT2D eigenvalue weighted by atomic mass is 35.5. The smallest absolute Gasteiger partial charge is 0.262 e. The van der Waals surface area contributed by atoms with E-state index in [0.29, 0.717) is 69.9 Å². The van der Waals surface area contributed by atoms with Gasteiger partial charge in [0.2, 0.25) is 5.91 Å². The van der Waals surface area contributed by atoms with Crippen molar-refractivity contribution in [1.82, 2.24) is 19.4 Å². The molecule has 0 radical (unpaired) electrons. The lowest BCUT2D eigenvalue weighted by Crippen LogP contribution is -2.60. The third-order valence-electron chi connectivity index (χ3n) is 9.52. The van der Waals surface area contributed by atoms with Gasteiger partial charge in [0.25, 0.3) is 5.56 Å². The van der Waals surface area contributed by atoms with Crippen molar-refractivity contribution in [3.63, 3.8) is 0 Å². The molecule has 1 saturated heterocycles. The molecule has 0 aliphatic carbocycles. The summed E-state index contributed by atoms with van der Waals surface area (Å²) in [5.41, 5.74) is 4.49. The molecule has 0 bridgehead atoms. The number of fused-ring (bicyclic) bond motifs is 6. The number of nitrogens with zero attached hydrogens (tertiary/aromatic N) is 5. The van der Waals surface area contributed by atoms with Crippen LogP contribution in [0.25, 0.3) is 38.8 Å². The van der Waals surface area contributed by atoms with Crippen LogP contribution < -0.4 is 10.5 Å². The molecule has 9 heteroatoms. The highest BCUT2D eigenvalue weighted by molar-refractivity contribution is 6.36. The van der Waals surface area contributed by atoms with Gasteiger partial charge in [-0.1, -0.05) is 62.4 Å². The van der Waals surface area contributed by atoms with Crippen LogP contribution in [-0.4, -0.2) is 50.5 Å². The summed E-state index contributed by atoms with van der Waals surface area (Å²) in [5, 5.41) is 2.61. The molecule has 0 saturated carbocycles. The largest absolute Gasteiger partial charge is 0.364 e. The molecule has 2 aliphatic rings. The van der Waals surface area contributed by atoms with Crippen molar-refractivity contribution in [3.05, 3.63) is 105 Å². The zero-order valence-electron chi connectivity index (χ0n) is 26.3. The van der Waals surface area contributed by atoms with Gasteiger partial charge in [0.05, 0.1) is 17.1 Å². The van der Waals surface area contributed by atoms with Gasteiger partial charge in [-0.3, -0.25) is 19.1 Å². The summed E-state index contributed by atoms with van der Waals surface area (Å²) in [6.07, 6.45) is 4.29. The number of carbonyl (C=O) groups is 1. The Bertz CT molecular complexity index is 2140. The SMILES string of the molecule is C=CC(=O)N1CC2CCc3c(c4cc(F)c(-c5cccc6cccc(Cl)c56)nc4n(-c4c(C)ccnc4C(C)C)c3=O)N2CC1C. The standard InChI is InChI=1S/C37H35ClFN5O2/c1-6-30(45)42-19-24-13-14-26-35(43(24)18-22(42)5)27-17-29(39)33(25-11-7-9-23-10-8-12-28(38)31(23)25)41-36(27)44(37(26)46)34-21(4)15-16-40-32(34)20(2)3/h6-12,15-17,20,22,24H,1,13-14,18-19H2,2-5H3. The van der Waals surface area contributed by atoms with Crippen molar-refractivity contribution in [2.24, 2.45) is 0 Å². The molecule has 5 heterocycles. The molecule has 2 atom stereocenters. The van der Waals surface area contributed by atoms with E-state index in [2.05, 4.69) is 11.5 Å². The highest BCUT2D eigenvalue weighted by Crippen LogP contribution is 2.41. The fourth-order valence-corrected chi connectivity index (χ4v) is 7.62. The minimum absolute atomic E-state index is 0.0189. The van der Waals surface area contributed by atoms with Crippen LogP contribution in [0.3, 0.4) is 0 Å². The van der Waals surface area contributed by atoms with E-state index >= 15 is 4.39 Å². The third kappa shape index (κ3) is 4.61. The Hall–Kier alpha value is -4.56. The molecule has 46 heavy (non-hydrogen) atoms. The van der Waals surface area contributed by atoms with Gasteiger partial charge in [-0.15, -0.1) is 0 Å². The first-order valence-electron chi connectivity index (χ1n) is 15.7. The topological polar surface area (TPSA) is 71.3 Å². The number of aryl methyl sites for hydroxylation is 1. The summed E-state index contributed by atoms with van der Waals surface area (Å²) in [6.45, 7) is 12.7. The second-order valence-corrected chi connectivity index (χ2v) is 13.1. The van der Waals surface area contributed by atoms with E-state index in [-0.39, 0.29) is 35.2 Å². The summed E-state index contributed by atoms with van der Waals surface area (Å²) in [6, 6.07) is 14.4. The molecule has 234 valence electrons. The number of carbonyl (C=O) groups excluding carboxylic acids is 1. The molecule has 1 amide bonds. The van der Waals surface area contributed by atoms with E-state index in [1.165, 1.54) is 12.1 Å². The number of anilines is 1. The minimum atomic E-state index is -0.505. The maximum Gasteiger partial charge on any atom is 0.262 e. The summed E-state index contributed by atoms with van der Waals surface area (Å²) in [5.74, 6) is -0.599. The summed E-state index contributed by atoms with van der Waals surface area (Å²) in [7, 11) is 0. The number of hydrogen-bond acceptors (Lipinski definition) is 5. The highest BCUT2D eigenvalue weighted by Gasteiger charge is 2.39. The van der Waals surface area contributed by atoms with E-state index in [9.17, 15) is 9.59 Å². The second-order valence-electron chi connectivity index (χ2n) is 12.7. The molecule has 0 N–H and O–H groups in total. The fraction of sp³-hybridized carbons (Fsp3) is 0.297. The Kier molecular flexibility index (Phi) is 7.43. The van der Waals surface area contributed by atoms with Crippen molar-refractivity contribution >= 4 is 45.0 Å². The van der Waals surface area contributed by atoms with Gasteiger partial charge in [-0.25, -0.2) is 9.37 Å². The molecule has 3 aromatic heterocycles. The number of piperazine rings is 1. The van der Waals surface area contributed by atoms with Gasteiger partial charge >= 0.3 is 0 Å². The van der Waals surface area contributed by atoms with E-state index in [1.807, 2.05) is 69.0 Å².